The zero-order valence-electron chi connectivity index (χ0n) is 18.8. The second kappa shape index (κ2) is 10.6. The third kappa shape index (κ3) is 5.30. The summed E-state index contributed by atoms with van der Waals surface area (Å²) in [4.78, 5) is 20.9. The smallest absolute Gasteiger partial charge is 0.262 e. The average molecular weight is 492 g/mol. The highest BCUT2D eigenvalue weighted by Crippen LogP contribution is 2.26. The lowest BCUT2D eigenvalue weighted by atomic mass is 10.1. The first kappa shape index (κ1) is 23.0. The number of benzene rings is 3. The maximum Gasteiger partial charge on any atom is 0.262 e. The van der Waals surface area contributed by atoms with Gasteiger partial charge in [-0.1, -0.05) is 65.8 Å². The largest absolute Gasteiger partial charge is 0.378 e. The highest BCUT2D eigenvalue weighted by molar-refractivity contribution is 7.98. The quantitative estimate of drug-likeness (QED) is 0.255. The van der Waals surface area contributed by atoms with Gasteiger partial charge in [-0.05, 0) is 47.9 Å². The minimum atomic E-state index is 0.00893. The van der Waals surface area contributed by atoms with E-state index < -0.39 is 0 Å². The van der Waals surface area contributed by atoms with E-state index in [1.54, 1.807) is 11.8 Å². The van der Waals surface area contributed by atoms with Crippen LogP contribution in [-0.4, -0.2) is 35.9 Å². The van der Waals surface area contributed by atoms with Crippen molar-refractivity contribution in [3.8, 4) is 0 Å². The van der Waals surface area contributed by atoms with Crippen molar-refractivity contribution in [2.24, 2.45) is 0 Å². The number of fused-ring (bicyclic) bond motifs is 1. The summed E-state index contributed by atoms with van der Waals surface area (Å²) in [5, 5.41) is 2.11. The van der Waals surface area contributed by atoms with Crippen LogP contribution >= 0.6 is 23.4 Å². The zero-order valence-corrected chi connectivity index (χ0v) is 20.4. The fraction of sp³-hybridized carbons (Fsp3) is 0.259. The Balaban J connectivity index is 1.49. The molecule has 0 bridgehead atoms. The van der Waals surface area contributed by atoms with Gasteiger partial charge >= 0.3 is 0 Å². The summed E-state index contributed by atoms with van der Waals surface area (Å²) in [5.41, 5.74) is 4.13. The van der Waals surface area contributed by atoms with Gasteiger partial charge < -0.3 is 9.64 Å². The topological polar surface area (TPSA) is 47.4 Å². The Kier molecular flexibility index (Phi) is 7.19. The second-order valence-corrected chi connectivity index (χ2v) is 9.68. The van der Waals surface area contributed by atoms with Gasteiger partial charge in [0.2, 0.25) is 0 Å². The Hall–Kier alpha value is -2.80. The first-order valence-corrected chi connectivity index (χ1v) is 12.8. The van der Waals surface area contributed by atoms with Crippen LogP contribution in [0.4, 0.5) is 5.69 Å². The van der Waals surface area contributed by atoms with Gasteiger partial charge in [-0.3, -0.25) is 9.36 Å². The molecule has 7 heteroatoms. The van der Waals surface area contributed by atoms with E-state index in [9.17, 15) is 4.79 Å². The Morgan fingerprint density at radius 2 is 1.71 bits per heavy atom. The van der Waals surface area contributed by atoms with Crippen LogP contribution in [0.15, 0.2) is 82.7 Å². The van der Waals surface area contributed by atoms with E-state index in [0.717, 1.165) is 41.4 Å². The third-order valence-electron chi connectivity index (χ3n) is 6.03. The Bertz CT molecular complexity index is 1320. The highest BCUT2D eigenvalue weighted by Gasteiger charge is 2.16. The normalized spacial score (nSPS) is 14.0. The number of hydrogen-bond donors (Lipinski definition) is 0. The standard InChI is InChI=1S/C27H26ClN3O2S/c28-22-8-6-21(7-9-22)19-34-27-29-25-11-10-23(30-14-16-33-17-15-30)18-24(25)26(32)31(27)13-12-20-4-2-1-3-5-20/h1-11,18H,12-17,19H2. The summed E-state index contributed by atoms with van der Waals surface area (Å²) < 4.78 is 7.31. The number of halogens is 1. The van der Waals surface area contributed by atoms with Gasteiger partial charge in [0.1, 0.15) is 0 Å². The predicted molar refractivity (Wildman–Crippen MR) is 140 cm³/mol. The molecular weight excluding hydrogens is 466 g/mol. The van der Waals surface area contributed by atoms with Crippen LogP contribution in [0.2, 0.25) is 5.02 Å². The zero-order chi connectivity index (χ0) is 23.3. The van der Waals surface area contributed by atoms with E-state index in [0.29, 0.717) is 35.9 Å². The summed E-state index contributed by atoms with van der Waals surface area (Å²) in [7, 11) is 0. The summed E-state index contributed by atoms with van der Waals surface area (Å²) in [6.07, 6.45) is 0.769. The van der Waals surface area contributed by atoms with Crippen molar-refractivity contribution >= 4 is 40.0 Å². The van der Waals surface area contributed by atoms with Gasteiger partial charge in [0.05, 0.1) is 24.1 Å². The second-order valence-electron chi connectivity index (χ2n) is 8.30. The molecule has 2 heterocycles. The number of morpholine rings is 1. The first-order chi connectivity index (χ1) is 16.7. The van der Waals surface area contributed by atoms with Crippen LogP contribution in [0.1, 0.15) is 11.1 Å². The van der Waals surface area contributed by atoms with Gasteiger partial charge in [0.25, 0.3) is 5.56 Å². The molecule has 174 valence electrons. The number of thioether (sulfide) groups is 1. The predicted octanol–water partition coefficient (Wildman–Crippen LogP) is 5.42. The summed E-state index contributed by atoms with van der Waals surface area (Å²) in [6, 6.07) is 24.1. The molecule has 0 amide bonds. The maximum atomic E-state index is 13.7. The number of hydrogen-bond acceptors (Lipinski definition) is 5. The minimum Gasteiger partial charge on any atom is -0.378 e. The maximum absolute atomic E-state index is 13.7. The molecule has 0 radical (unpaired) electrons. The van der Waals surface area contributed by atoms with Crippen LogP contribution in [0.3, 0.4) is 0 Å². The fourth-order valence-electron chi connectivity index (χ4n) is 4.13. The van der Waals surface area contributed by atoms with Crippen molar-refractivity contribution in [2.45, 2.75) is 23.9 Å². The monoisotopic (exact) mass is 491 g/mol. The molecule has 3 aromatic carbocycles. The van der Waals surface area contributed by atoms with Crippen molar-refractivity contribution in [2.75, 3.05) is 31.2 Å². The van der Waals surface area contributed by atoms with Crippen molar-refractivity contribution in [3.63, 3.8) is 0 Å². The molecule has 1 aliphatic heterocycles. The molecular formula is C27H26ClN3O2S. The molecule has 1 saturated heterocycles. The molecule has 1 aromatic heterocycles. The number of aromatic nitrogens is 2. The fourth-order valence-corrected chi connectivity index (χ4v) is 5.24. The molecule has 4 aromatic rings. The summed E-state index contributed by atoms with van der Waals surface area (Å²) in [6.45, 7) is 3.65. The molecule has 0 saturated carbocycles. The third-order valence-corrected chi connectivity index (χ3v) is 7.33. The molecule has 0 unspecified atom stereocenters. The van der Waals surface area contributed by atoms with Crippen LogP contribution in [-0.2, 0) is 23.5 Å². The number of ether oxygens (including phenoxy) is 1. The van der Waals surface area contributed by atoms with E-state index in [-0.39, 0.29) is 5.56 Å². The van der Waals surface area contributed by atoms with Crippen molar-refractivity contribution in [3.05, 3.63) is 99.3 Å². The Labute approximate surface area is 208 Å². The van der Waals surface area contributed by atoms with Gasteiger partial charge in [0.15, 0.2) is 5.16 Å². The van der Waals surface area contributed by atoms with Gasteiger partial charge in [-0.2, -0.15) is 0 Å². The number of nitrogens with zero attached hydrogens (tertiary/aromatic N) is 3. The summed E-state index contributed by atoms with van der Waals surface area (Å²) >= 11 is 7.62. The van der Waals surface area contributed by atoms with Crippen molar-refractivity contribution < 1.29 is 4.74 Å². The van der Waals surface area contributed by atoms with E-state index in [1.165, 1.54) is 5.56 Å². The molecule has 5 nitrogen and oxygen atoms in total. The first-order valence-electron chi connectivity index (χ1n) is 11.5. The molecule has 34 heavy (non-hydrogen) atoms. The average Bonchev–Trinajstić information content (AvgIpc) is 2.89. The molecule has 1 aliphatic rings. The molecule has 0 spiro atoms. The van der Waals surface area contributed by atoms with E-state index >= 15 is 0 Å². The number of rotatable bonds is 7. The molecule has 1 fully saturated rings. The Morgan fingerprint density at radius 1 is 0.941 bits per heavy atom. The van der Waals surface area contributed by atoms with E-state index in [4.69, 9.17) is 21.3 Å². The lowest BCUT2D eigenvalue weighted by Crippen LogP contribution is -2.36. The number of anilines is 1. The van der Waals surface area contributed by atoms with Crippen LogP contribution in [0.25, 0.3) is 10.9 Å². The highest BCUT2D eigenvalue weighted by atomic mass is 35.5. The van der Waals surface area contributed by atoms with Crippen molar-refractivity contribution in [1.82, 2.24) is 9.55 Å². The SMILES string of the molecule is O=c1c2cc(N3CCOCC3)ccc2nc(SCc2ccc(Cl)cc2)n1CCc1ccccc1. The lowest BCUT2D eigenvalue weighted by Gasteiger charge is -2.29. The van der Waals surface area contributed by atoms with Gasteiger partial charge in [0, 0.05) is 36.1 Å². The van der Waals surface area contributed by atoms with Gasteiger partial charge in [-0.15, -0.1) is 0 Å². The van der Waals surface area contributed by atoms with Crippen molar-refractivity contribution in [1.29, 1.82) is 0 Å². The minimum absolute atomic E-state index is 0.00893. The lowest BCUT2D eigenvalue weighted by molar-refractivity contribution is 0.122. The Morgan fingerprint density at radius 3 is 2.47 bits per heavy atom. The van der Waals surface area contributed by atoms with Crippen LogP contribution in [0.5, 0.6) is 0 Å². The van der Waals surface area contributed by atoms with Gasteiger partial charge in [-0.25, -0.2) is 4.98 Å². The number of aryl methyl sites for hydroxylation is 1. The molecule has 0 atom stereocenters. The molecule has 5 rings (SSSR count). The van der Waals surface area contributed by atoms with E-state index in [1.807, 2.05) is 59.2 Å². The summed E-state index contributed by atoms with van der Waals surface area (Å²) in [5.74, 6) is 0.715. The van der Waals surface area contributed by atoms with E-state index in [2.05, 4.69) is 23.1 Å². The van der Waals surface area contributed by atoms with Crippen LogP contribution in [0, 0.1) is 0 Å². The molecule has 0 N–H and O–H groups in total. The van der Waals surface area contributed by atoms with Crippen LogP contribution < -0.4 is 10.5 Å². The molecule has 0 aliphatic carbocycles.